The quantitative estimate of drug-likeness (QED) is 0.356. The summed E-state index contributed by atoms with van der Waals surface area (Å²) in [5, 5.41) is 2.00. The second-order valence-electron chi connectivity index (χ2n) is 2.02. The first kappa shape index (κ1) is 12.8. The van der Waals surface area contributed by atoms with Gasteiger partial charge in [0.2, 0.25) is 0 Å². The molecule has 0 aromatic rings. The van der Waals surface area contributed by atoms with Gasteiger partial charge in [0, 0.05) is 64.5 Å². The smallest absolute Gasteiger partial charge is 0.145 e. The van der Waals surface area contributed by atoms with Crippen LogP contribution in [0, 0.1) is 0 Å². The van der Waals surface area contributed by atoms with Crippen LogP contribution in [0.25, 0.3) is 0 Å². The van der Waals surface area contributed by atoms with Crippen molar-refractivity contribution in [2.45, 2.75) is 0 Å². The van der Waals surface area contributed by atoms with Crippen molar-refractivity contribution in [3.05, 3.63) is 0 Å². The van der Waals surface area contributed by atoms with E-state index in [9.17, 15) is 0 Å². The van der Waals surface area contributed by atoms with Crippen LogP contribution in [0.5, 0.6) is 0 Å². The second kappa shape index (κ2) is 7.22. The fourth-order valence-electron chi connectivity index (χ4n) is 0.810. The number of morpholine rings is 1. The number of ether oxygens (including phenoxy) is 1. The van der Waals surface area contributed by atoms with Crippen molar-refractivity contribution in [2.24, 2.45) is 0 Å². The van der Waals surface area contributed by atoms with Crippen LogP contribution in [0.15, 0.2) is 0 Å². The van der Waals surface area contributed by atoms with Crippen LogP contribution in [0.4, 0.5) is 0 Å². The third kappa shape index (κ3) is 5.95. The summed E-state index contributed by atoms with van der Waals surface area (Å²) in [6.07, 6.45) is 0. The van der Waals surface area contributed by atoms with Gasteiger partial charge in [-0.25, -0.2) is 5.01 Å². The van der Waals surface area contributed by atoms with E-state index in [1.165, 1.54) is 0 Å². The minimum atomic E-state index is 0. The van der Waals surface area contributed by atoms with Crippen molar-refractivity contribution in [1.29, 1.82) is 0 Å². The van der Waals surface area contributed by atoms with Crippen LogP contribution in [-0.4, -0.2) is 87.0 Å². The van der Waals surface area contributed by atoms with E-state index >= 15 is 0 Å². The summed E-state index contributed by atoms with van der Waals surface area (Å²) in [5.74, 6) is 0. The zero-order chi connectivity index (χ0) is 7.40. The van der Waals surface area contributed by atoms with E-state index in [0.29, 0.717) is 4.32 Å². The van der Waals surface area contributed by atoms with Crippen molar-refractivity contribution >= 4 is 80.6 Å². The molecule has 0 saturated carbocycles. The standard InChI is InChI=1S/C5H10N2OS2.K/c9-5(10)6-7-1-3-8-4-2-7;/h1-4H2,(H2,6,9,10);. The Kier molecular flexibility index (Phi) is 8.40. The van der Waals surface area contributed by atoms with E-state index in [2.05, 4.69) is 18.1 Å². The molecule has 1 heterocycles. The van der Waals surface area contributed by atoms with Crippen LogP contribution in [-0.2, 0) is 4.74 Å². The number of nitrogens with zero attached hydrogens (tertiary/aromatic N) is 1. The van der Waals surface area contributed by atoms with Gasteiger partial charge in [-0.1, -0.05) is 12.2 Å². The Morgan fingerprint density at radius 3 is 2.45 bits per heavy atom. The second-order valence-corrected chi connectivity index (χ2v) is 3.17. The summed E-state index contributed by atoms with van der Waals surface area (Å²) in [4.78, 5) is 0. The average molecular weight is 217 g/mol. The molecule has 1 aliphatic heterocycles. The van der Waals surface area contributed by atoms with Gasteiger partial charge in [-0.05, 0) is 0 Å². The summed E-state index contributed by atoms with van der Waals surface area (Å²) in [6, 6.07) is 0. The molecule has 3 nitrogen and oxygen atoms in total. The number of nitrogens with one attached hydrogen (secondary N) is 1. The molecule has 1 saturated heterocycles. The Hall–Kier alpha value is 1.80. The summed E-state index contributed by atoms with van der Waals surface area (Å²) >= 11 is 8.69. The summed E-state index contributed by atoms with van der Waals surface area (Å²) in [5.41, 5.74) is 2.93. The zero-order valence-corrected chi connectivity index (χ0v) is 11.4. The van der Waals surface area contributed by atoms with E-state index < -0.39 is 0 Å². The minimum absolute atomic E-state index is 0. The van der Waals surface area contributed by atoms with Crippen molar-refractivity contribution < 1.29 is 4.74 Å². The number of thiol groups is 1. The van der Waals surface area contributed by atoms with E-state index in [0.717, 1.165) is 26.3 Å². The maximum absolute atomic E-state index is 5.13. The predicted octanol–water partition coefficient (Wildman–Crippen LogP) is -0.343. The van der Waals surface area contributed by atoms with Gasteiger partial charge >= 0.3 is 0 Å². The van der Waals surface area contributed by atoms with Crippen LogP contribution in [0.1, 0.15) is 0 Å². The first-order valence-corrected chi connectivity index (χ1v) is 3.97. The molecule has 59 valence electrons. The molecule has 0 aromatic heterocycles. The molecule has 1 N–H and O–H groups in total. The van der Waals surface area contributed by atoms with Gasteiger partial charge in [-0.2, -0.15) is 0 Å². The predicted molar refractivity (Wildman–Crippen MR) is 52.9 cm³/mol. The molecule has 0 amide bonds. The van der Waals surface area contributed by atoms with Crippen molar-refractivity contribution in [1.82, 2.24) is 10.4 Å². The SMILES string of the molecule is S=C(S)NN1CCOCC1.[K]. The van der Waals surface area contributed by atoms with Crippen LogP contribution in [0.2, 0.25) is 0 Å². The molecule has 0 unspecified atom stereocenters. The first-order valence-electron chi connectivity index (χ1n) is 3.11. The molecule has 0 spiro atoms. The van der Waals surface area contributed by atoms with E-state index in [1.807, 2.05) is 5.01 Å². The Labute approximate surface area is 120 Å². The molecule has 1 radical (unpaired) electrons. The van der Waals surface area contributed by atoms with Gasteiger partial charge in [0.1, 0.15) is 4.32 Å². The van der Waals surface area contributed by atoms with E-state index in [-0.39, 0.29) is 51.4 Å². The third-order valence-corrected chi connectivity index (χ3v) is 1.46. The Morgan fingerprint density at radius 2 is 2.00 bits per heavy atom. The Morgan fingerprint density at radius 1 is 1.45 bits per heavy atom. The van der Waals surface area contributed by atoms with E-state index in [1.54, 1.807) is 0 Å². The molecule has 0 aliphatic carbocycles. The van der Waals surface area contributed by atoms with Gasteiger partial charge in [-0.3, -0.25) is 0 Å². The number of hydrazine groups is 1. The average Bonchev–Trinajstić information content (AvgIpc) is 1.88. The first-order chi connectivity index (χ1) is 4.79. The number of rotatable bonds is 1. The topological polar surface area (TPSA) is 24.5 Å². The molecule has 0 aromatic carbocycles. The fourth-order valence-corrected chi connectivity index (χ4v) is 1.08. The monoisotopic (exact) mass is 217 g/mol. The molecule has 1 fully saturated rings. The zero-order valence-electron chi connectivity index (χ0n) is 6.54. The third-order valence-electron chi connectivity index (χ3n) is 1.26. The number of thiocarbonyl (C=S) groups is 1. The van der Waals surface area contributed by atoms with Crippen molar-refractivity contribution in [2.75, 3.05) is 26.3 Å². The molecule has 1 aliphatic rings. The largest absolute Gasteiger partial charge is 0.379 e. The van der Waals surface area contributed by atoms with Gasteiger partial charge in [0.05, 0.1) is 13.2 Å². The van der Waals surface area contributed by atoms with Gasteiger partial charge in [0.25, 0.3) is 0 Å². The minimum Gasteiger partial charge on any atom is -0.379 e. The maximum Gasteiger partial charge on any atom is 0.145 e. The molecule has 1 rings (SSSR count). The van der Waals surface area contributed by atoms with Gasteiger partial charge in [0.15, 0.2) is 0 Å². The van der Waals surface area contributed by atoms with Crippen LogP contribution >= 0.6 is 24.8 Å². The van der Waals surface area contributed by atoms with Gasteiger partial charge < -0.3 is 10.2 Å². The molecule has 11 heavy (non-hydrogen) atoms. The Bertz CT molecular complexity index is 130. The molecule has 0 bridgehead atoms. The molecular weight excluding hydrogens is 207 g/mol. The summed E-state index contributed by atoms with van der Waals surface area (Å²) < 4.78 is 5.65. The van der Waals surface area contributed by atoms with Crippen LogP contribution < -0.4 is 5.43 Å². The van der Waals surface area contributed by atoms with Crippen molar-refractivity contribution in [3.63, 3.8) is 0 Å². The van der Waals surface area contributed by atoms with Crippen molar-refractivity contribution in [3.8, 4) is 0 Å². The normalized spacial score (nSPS) is 18.6. The number of hydrogen-bond acceptors (Lipinski definition) is 3. The molecule has 0 atom stereocenters. The molecular formula is C5H10KN2OS2. The van der Waals surface area contributed by atoms with Gasteiger partial charge in [-0.15, -0.1) is 12.6 Å². The van der Waals surface area contributed by atoms with Crippen LogP contribution in [0.3, 0.4) is 0 Å². The summed E-state index contributed by atoms with van der Waals surface area (Å²) in [7, 11) is 0. The Balaban J connectivity index is 0.000001000. The maximum atomic E-state index is 5.13. The molecule has 6 heteroatoms. The summed E-state index contributed by atoms with van der Waals surface area (Å²) in [6.45, 7) is 3.29. The number of hydrogen-bond donors (Lipinski definition) is 2. The van der Waals surface area contributed by atoms with E-state index in [4.69, 9.17) is 17.0 Å². The fraction of sp³-hybridized carbons (Fsp3) is 0.800.